The van der Waals surface area contributed by atoms with E-state index in [4.69, 9.17) is 9.47 Å². The fourth-order valence-corrected chi connectivity index (χ4v) is 5.17. The molecule has 1 aliphatic heterocycles. The van der Waals surface area contributed by atoms with Gasteiger partial charge in [-0.05, 0) is 47.1 Å². The molecule has 0 unspecified atom stereocenters. The molecule has 0 bridgehead atoms. The van der Waals surface area contributed by atoms with E-state index in [1.165, 1.54) is 5.56 Å². The quantitative estimate of drug-likeness (QED) is 0.509. The molecule has 0 spiro atoms. The number of allylic oxidation sites excluding steroid dienone is 2. The van der Waals surface area contributed by atoms with Crippen LogP contribution in [-0.2, 0) is 4.79 Å². The maximum Gasteiger partial charge on any atom is 0.270 e. The lowest BCUT2D eigenvalue weighted by Crippen LogP contribution is -2.31. The monoisotopic (exact) mass is 459 g/mol. The molecular formula is C27H29N3O4. The fourth-order valence-electron chi connectivity index (χ4n) is 5.17. The predicted molar refractivity (Wildman–Crippen MR) is 131 cm³/mol. The third kappa shape index (κ3) is 3.61. The number of methoxy groups -OCH3 is 2. The molecular weight excluding hydrogens is 430 g/mol. The second kappa shape index (κ2) is 8.56. The van der Waals surface area contributed by atoms with E-state index in [0.29, 0.717) is 47.2 Å². The van der Waals surface area contributed by atoms with Crippen LogP contribution in [0.3, 0.4) is 0 Å². The first-order valence-corrected chi connectivity index (χ1v) is 11.6. The van der Waals surface area contributed by atoms with Crippen LogP contribution in [0.5, 0.6) is 11.5 Å². The minimum atomic E-state index is -0.402. The number of carbonyl (C=O) groups is 1. The first-order chi connectivity index (χ1) is 16.4. The van der Waals surface area contributed by atoms with Gasteiger partial charge in [-0.1, -0.05) is 44.2 Å². The highest BCUT2D eigenvalue weighted by Crippen LogP contribution is 2.47. The Kier molecular flexibility index (Phi) is 5.55. The molecule has 2 aliphatic rings. The first kappa shape index (κ1) is 22.1. The Balaban J connectivity index is 1.57. The lowest BCUT2D eigenvalue weighted by atomic mass is 9.72. The number of ketones is 1. The maximum absolute atomic E-state index is 13.6. The highest BCUT2D eigenvalue weighted by atomic mass is 16.5. The van der Waals surface area contributed by atoms with E-state index in [-0.39, 0.29) is 17.3 Å². The summed E-state index contributed by atoms with van der Waals surface area (Å²) in [5.41, 5.74) is 5.09. The van der Waals surface area contributed by atoms with Crippen LogP contribution in [0.1, 0.15) is 66.7 Å². The molecule has 0 saturated heterocycles. The van der Waals surface area contributed by atoms with Crippen molar-refractivity contribution in [2.45, 2.75) is 44.4 Å². The van der Waals surface area contributed by atoms with E-state index in [1.807, 2.05) is 30.3 Å². The van der Waals surface area contributed by atoms with Crippen molar-refractivity contribution >= 4 is 11.6 Å². The van der Waals surface area contributed by atoms with Gasteiger partial charge >= 0.3 is 0 Å². The summed E-state index contributed by atoms with van der Waals surface area (Å²) in [6.07, 6.45) is 1.03. The standard InChI is InChI=1S/C27H29N3O4/c1-14(2)15-5-7-16(8-6-15)23-24-19(28-26-25(23)27(32)30-29-26)11-18(12-20(24)31)17-9-10-21(33-3)22(13-17)34-4/h5-10,13-14,18,23H,11-12H2,1-4H3,(H3,28,29,30,32)/t18-,23-/m0/s1. The van der Waals surface area contributed by atoms with Gasteiger partial charge in [0.05, 0.1) is 19.8 Å². The zero-order chi connectivity index (χ0) is 24.0. The van der Waals surface area contributed by atoms with Crippen molar-refractivity contribution in [3.8, 4) is 11.5 Å². The summed E-state index contributed by atoms with van der Waals surface area (Å²) in [6.45, 7) is 4.29. The molecule has 3 aromatic rings. The van der Waals surface area contributed by atoms with Gasteiger partial charge in [0.2, 0.25) is 0 Å². The van der Waals surface area contributed by atoms with Crippen molar-refractivity contribution in [1.82, 2.24) is 10.2 Å². The number of ether oxygens (including phenoxy) is 2. The minimum Gasteiger partial charge on any atom is -0.493 e. The number of Topliss-reactive ketones (excluding diaryl/α,β-unsaturated/α-hetero) is 1. The number of rotatable bonds is 5. The summed E-state index contributed by atoms with van der Waals surface area (Å²) in [7, 11) is 3.21. The topological polar surface area (TPSA) is 96.2 Å². The van der Waals surface area contributed by atoms with Crippen LogP contribution in [0.4, 0.5) is 5.82 Å². The number of nitrogens with one attached hydrogen (secondary N) is 3. The molecule has 1 aliphatic carbocycles. The van der Waals surface area contributed by atoms with Gasteiger partial charge in [-0.3, -0.25) is 19.8 Å². The zero-order valence-corrected chi connectivity index (χ0v) is 19.8. The van der Waals surface area contributed by atoms with E-state index in [1.54, 1.807) is 14.2 Å². The van der Waals surface area contributed by atoms with Crippen molar-refractivity contribution < 1.29 is 14.3 Å². The molecule has 3 N–H and O–H groups in total. The van der Waals surface area contributed by atoms with Crippen molar-refractivity contribution in [3.05, 3.63) is 86.3 Å². The lowest BCUT2D eigenvalue weighted by molar-refractivity contribution is -0.116. The van der Waals surface area contributed by atoms with Crippen LogP contribution < -0.4 is 20.3 Å². The molecule has 2 aromatic carbocycles. The molecule has 34 heavy (non-hydrogen) atoms. The van der Waals surface area contributed by atoms with Crippen LogP contribution in [0, 0.1) is 0 Å². The van der Waals surface area contributed by atoms with E-state index >= 15 is 0 Å². The van der Waals surface area contributed by atoms with Gasteiger partial charge in [-0.25, -0.2) is 0 Å². The van der Waals surface area contributed by atoms with Gasteiger partial charge in [0.25, 0.3) is 5.56 Å². The van der Waals surface area contributed by atoms with E-state index < -0.39 is 5.92 Å². The minimum absolute atomic E-state index is 0.00487. The molecule has 176 valence electrons. The van der Waals surface area contributed by atoms with Crippen molar-refractivity contribution in [2.75, 3.05) is 19.5 Å². The van der Waals surface area contributed by atoms with Gasteiger partial charge in [-0.2, -0.15) is 0 Å². The van der Waals surface area contributed by atoms with Crippen LogP contribution in [-0.4, -0.2) is 30.2 Å². The third-order valence-corrected chi connectivity index (χ3v) is 6.99. The molecule has 2 heterocycles. The number of hydrogen-bond donors (Lipinski definition) is 3. The smallest absolute Gasteiger partial charge is 0.270 e. The number of aromatic amines is 2. The highest BCUT2D eigenvalue weighted by Gasteiger charge is 2.40. The van der Waals surface area contributed by atoms with Crippen LogP contribution in [0.25, 0.3) is 0 Å². The largest absolute Gasteiger partial charge is 0.493 e. The Morgan fingerprint density at radius 3 is 2.26 bits per heavy atom. The summed E-state index contributed by atoms with van der Waals surface area (Å²) in [5, 5.41) is 9.00. The van der Waals surface area contributed by atoms with Crippen molar-refractivity contribution in [1.29, 1.82) is 0 Å². The van der Waals surface area contributed by atoms with Gasteiger partial charge in [0, 0.05) is 23.6 Å². The van der Waals surface area contributed by atoms with Gasteiger partial charge in [0.15, 0.2) is 17.3 Å². The summed E-state index contributed by atoms with van der Waals surface area (Å²) >= 11 is 0. The van der Waals surface area contributed by atoms with E-state index in [9.17, 15) is 9.59 Å². The van der Waals surface area contributed by atoms with Gasteiger partial charge in [-0.15, -0.1) is 0 Å². The van der Waals surface area contributed by atoms with Crippen LogP contribution in [0.15, 0.2) is 58.5 Å². The van der Waals surface area contributed by atoms with Gasteiger partial charge < -0.3 is 14.8 Å². The average Bonchev–Trinajstić information content (AvgIpc) is 3.22. The maximum atomic E-state index is 13.6. The predicted octanol–water partition coefficient (Wildman–Crippen LogP) is 4.80. The summed E-state index contributed by atoms with van der Waals surface area (Å²) in [4.78, 5) is 26.3. The highest BCUT2D eigenvalue weighted by molar-refractivity contribution is 6.01. The normalized spacial score (nSPS) is 19.5. The van der Waals surface area contributed by atoms with E-state index in [2.05, 4.69) is 41.5 Å². The molecule has 2 atom stereocenters. The van der Waals surface area contributed by atoms with Crippen LogP contribution in [0.2, 0.25) is 0 Å². The molecule has 1 aromatic heterocycles. The fraction of sp³-hybridized carbons (Fsp3) is 0.333. The molecule has 0 radical (unpaired) electrons. The van der Waals surface area contributed by atoms with E-state index in [0.717, 1.165) is 16.8 Å². The molecule has 5 rings (SSSR count). The molecule has 7 heteroatoms. The molecule has 0 amide bonds. The summed E-state index contributed by atoms with van der Waals surface area (Å²) < 4.78 is 10.8. The number of carbonyl (C=O) groups excluding carboxylic acids is 1. The lowest BCUT2D eigenvalue weighted by Gasteiger charge is -2.34. The summed E-state index contributed by atoms with van der Waals surface area (Å²) in [6, 6.07) is 14.1. The summed E-state index contributed by atoms with van der Waals surface area (Å²) in [5.74, 6) is 1.98. The van der Waals surface area contributed by atoms with Gasteiger partial charge in [0.1, 0.15) is 5.82 Å². The first-order valence-electron chi connectivity index (χ1n) is 11.6. The Labute approximate surface area is 198 Å². The van der Waals surface area contributed by atoms with Crippen molar-refractivity contribution in [2.24, 2.45) is 0 Å². The average molecular weight is 460 g/mol. The third-order valence-electron chi connectivity index (χ3n) is 6.99. The zero-order valence-electron chi connectivity index (χ0n) is 19.8. The molecule has 0 saturated carbocycles. The number of fused-ring (bicyclic) bond motifs is 1. The SMILES string of the molecule is COc1ccc([C@@H]2CC(=O)C3=C(C2)Nc2[nH][nH]c(=O)c2[C@H]3c2ccc(C(C)C)cc2)cc1OC. The Bertz CT molecular complexity index is 1330. The number of hydrogen-bond acceptors (Lipinski definition) is 5. The van der Waals surface area contributed by atoms with Crippen molar-refractivity contribution in [3.63, 3.8) is 0 Å². The second-order valence-corrected chi connectivity index (χ2v) is 9.28. The van der Waals surface area contributed by atoms with Crippen LogP contribution >= 0.6 is 0 Å². The Morgan fingerprint density at radius 2 is 1.59 bits per heavy atom. The number of H-pyrrole nitrogens is 2. The molecule has 7 nitrogen and oxygen atoms in total. The number of benzene rings is 2. The number of aromatic nitrogens is 2. The Morgan fingerprint density at radius 1 is 0.882 bits per heavy atom. The number of anilines is 1. The Hall–Kier alpha value is -3.74. The second-order valence-electron chi connectivity index (χ2n) is 9.28. The molecule has 0 fully saturated rings.